The minimum atomic E-state index is -0.774. The van der Waals surface area contributed by atoms with Gasteiger partial charge in [-0.15, -0.1) is 24.8 Å². The zero-order valence-corrected chi connectivity index (χ0v) is 17.0. The normalized spacial score (nSPS) is 16.6. The summed E-state index contributed by atoms with van der Waals surface area (Å²) in [7, 11) is 0. The highest BCUT2D eigenvalue weighted by molar-refractivity contribution is 5.86. The molecular weight excluding hydrogens is 377 g/mol. The summed E-state index contributed by atoms with van der Waals surface area (Å²) in [6.07, 6.45) is 3.12. The molecule has 146 valence electrons. The fourth-order valence-electron chi connectivity index (χ4n) is 3.26. The first-order valence-corrected chi connectivity index (χ1v) is 8.43. The topological polar surface area (TPSA) is 92.7 Å². The number of fused-ring (bicyclic) bond motifs is 1. The predicted octanol–water partition coefficient (Wildman–Crippen LogP) is 1.44. The first-order valence-electron chi connectivity index (χ1n) is 8.43. The Morgan fingerprint density at radius 2 is 1.92 bits per heavy atom. The molecule has 1 fully saturated rings. The highest BCUT2D eigenvalue weighted by atomic mass is 35.5. The monoisotopic (exact) mass is 403 g/mol. The van der Waals surface area contributed by atoms with E-state index in [1.807, 2.05) is 31.7 Å². The number of anilines is 1. The van der Waals surface area contributed by atoms with E-state index < -0.39 is 5.54 Å². The Morgan fingerprint density at radius 1 is 1.27 bits per heavy atom. The van der Waals surface area contributed by atoms with Crippen molar-refractivity contribution in [3.63, 3.8) is 0 Å². The second kappa shape index (κ2) is 8.83. The van der Waals surface area contributed by atoms with Crippen molar-refractivity contribution in [2.45, 2.75) is 39.2 Å². The number of rotatable bonds is 4. The Hall–Kier alpha value is -1.64. The van der Waals surface area contributed by atoms with E-state index in [1.165, 1.54) is 6.33 Å². The van der Waals surface area contributed by atoms with Crippen LogP contribution in [-0.2, 0) is 4.79 Å². The summed E-state index contributed by atoms with van der Waals surface area (Å²) < 4.78 is 1.74. The number of aryl methyl sites for hydroxylation is 1. The van der Waals surface area contributed by atoms with Crippen molar-refractivity contribution in [3.8, 4) is 0 Å². The van der Waals surface area contributed by atoms with Crippen LogP contribution < -0.4 is 10.6 Å². The van der Waals surface area contributed by atoms with Gasteiger partial charge in [0.15, 0.2) is 0 Å². The largest absolute Gasteiger partial charge is 0.353 e. The van der Waals surface area contributed by atoms with E-state index in [1.54, 1.807) is 4.52 Å². The number of nitrogens with zero attached hydrogens (tertiary/aromatic N) is 6. The minimum Gasteiger partial charge on any atom is -0.353 e. The molecule has 0 spiro atoms. The van der Waals surface area contributed by atoms with Crippen LogP contribution in [0.2, 0.25) is 0 Å². The van der Waals surface area contributed by atoms with E-state index in [4.69, 9.17) is 5.73 Å². The molecule has 0 radical (unpaired) electrons. The highest BCUT2D eigenvalue weighted by Gasteiger charge is 2.33. The van der Waals surface area contributed by atoms with E-state index in [2.05, 4.69) is 20.0 Å². The van der Waals surface area contributed by atoms with Crippen LogP contribution in [0.5, 0.6) is 0 Å². The molecular formula is C16H27Cl2N7O. The molecule has 2 aromatic rings. The molecule has 10 heteroatoms. The van der Waals surface area contributed by atoms with Crippen LogP contribution in [0.3, 0.4) is 0 Å². The van der Waals surface area contributed by atoms with Crippen molar-refractivity contribution in [1.82, 2.24) is 24.5 Å². The molecule has 26 heavy (non-hydrogen) atoms. The molecule has 1 aliphatic heterocycles. The molecule has 3 rings (SSSR count). The fraction of sp³-hybridized carbons (Fsp3) is 0.625. The third-order valence-corrected chi connectivity index (χ3v) is 4.51. The third-order valence-electron chi connectivity index (χ3n) is 4.51. The maximum Gasteiger partial charge on any atom is 0.254 e. The van der Waals surface area contributed by atoms with Crippen molar-refractivity contribution in [2.24, 2.45) is 5.73 Å². The highest BCUT2D eigenvalue weighted by Crippen LogP contribution is 2.20. The van der Waals surface area contributed by atoms with Gasteiger partial charge in [-0.1, -0.05) is 13.3 Å². The van der Waals surface area contributed by atoms with Crippen molar-refractivity contribution in [2.75, 3.05) is 31.1 Å². The number of piperazine rings is 1. The van der Waals surface area contributed by atoms with Gasteiger partial charge in [0.05, 0.1) is 5.54 Å². The number of nitrogens with two attached hydrogens (primary N) is 1. The zero-order chi connectivity index (χ0) is 17.3. The minimum absolute atomic E-state index is 0. The molecule has 0 aromatic carbocycles. The molecule has 3 heterocycles. The van der Waals surface area contributed by atoms with E-state index in [0.717, 1.165) is 31.0 Å². The van der Waals surface area contributed by atoms with Crippen LogP contribution in [0, 0.1) is 6.92 Å². The average Bonchev–Trinajstić information content (AvgIpc) is 3.01. The van der Waals surface area contributed by atoms with E-state index in [0.29, 0.717) is 25.3 Å². The fourth-order valence-corrected chi connectivity index (χ4v) is 3.26. The van der Waals surface area contributed by atoms with Gasteiger partial charge in [0.25, 0.3) is 5.78 Å². The van der Waals surface area contributed by atoms with Crippen LogP contribution in [0.1, 0.15) is 32.4 Å². The second-order valence-corrected chi connectivity index (χ2v) is 6.67. The van der Waals surface area contributed by atoms with Crippen LogP contribution in [0.25, 0.3) is 5.78 Å². The van der Waals surface area contributed by atoms with Crippen molar-refractivity contribution < 1.29 is 4.79 Å². The number of aromatic nitrogens is 4. The summed E-state index contributed by atoms with van der Waals surface area (Å²) in [5.41, 5.74) is 6.32. The Morgan fingerprint density at radius 3 is 2.54 bits per heavy atom. The van der Waals surface area contributed by atoms with Crippen molar-refractivity contribution in [1.29, 1.82) is 0 Å². The summed E-state index contributed by atoms with van der Waals surface area (Å²) in [6, 6.07) is 2.00. The lowest BCUT2D eigenvalue weighted by molar-refractivity contribution is -0.137. The standard InChI is InChI=1S/C16H25N7O.2ClH/c1-4-5-16(3,17)14(24)22-8-6-21(7-9-22)13-10-12(2)20-15-18-11-19-23(13)15;;/h10-11H,4-9,17H2,1-3H3;2*1H. The maximum atomic E-state index is 12.6. The molecule has 0 aliphatic carbocycles. The number of halogens is 2. The first kappa shape index (κ1) is 22.4. The van der Waals surface area contributed by atoms with Crippen LogP contribution >= 0.6 is 24.8 Å². The van der Waals surface area contributed by atoms with Crippen LogP contribution in [-0.4, -0.2) is 62.1 Å². The Labute approximate surface area is 166 Å². The molecule has 1 atom stereocenters. The number of hydrogen-bond donors (Lipinski definition) is 1. The molecule has 1 saturated heterocycles. The number of hydrogen-bond acceptors (Lipinski definition) is 6. The molecule has 0 bridgehead atoms. The number of carbonyl (C=O) groups is 1. The van der Waals surface area contributed by atoms with Gasteiger partial charge in [-0.25, -0.2) is 4.98 Å². The number of carbonyl (C=O) groups excluding carboxylic acids is 1. The maximum absolute atomic E-state index is 12.6. The predicted molar refractivity (Wildman–Crippen MR) is 106 cm³/mol. The smallest absolute Gasteiger partial charge is 0.254 e. The third kappa shape index (κ3) is 4.36. The Balaban J connectivity index is 0.00000169. The SMILES string of the molecule is CCCC(C)(N)C(=O)N1CCN(c2cc(C)nc3ncnn23)CC1.Cl.Cl. The van der Waals surface area contributed by atoms with Gasteiger partial charge < -0.3 is 15.5 Å². The summed E-state index contributed by atoms with van der Waals surface area (Å²) in [5, 5.41) is 4.25. The lowest BCUT2D eigenvalue weighted by Crippen LogP contribution is -2.58. The molecule has 8 nitrogen and oxygen atoms in total. The van der Waals surface area contributed by atoms with Gasteiger partial charge in [-0.05, 0) is 20.3 Å². The Kier molecular flexibility index (Phi) is 7.61. The van der Waals surface area contributed by atoms with Crippen LogP contribution in [0.15, 0.2) is 12.4 Å². The number of amides is 1. The van der Waals surface area contributed by atoms with Gasteiger partial charge in [0.2, 0.25) is 5.91 Å². The molecule has 2 aromatic heterocycles. The average molecular weight is 404 g/mol. The lowest BCUT2D eigenvalue weighted by atomic mass is 9.95. The molecule has 0 saturated carbocycles. The Bertz CT molecular complexity index is 741. The molecule has 1 amide bonds. The summed E-state index contributed by atoms with van der Waals surface area (Å²) in [4.78, 5) is 25.2. The first-order chi connectivity index (χ1) is 11.4. The van der Waals surface area contributed by atoms with E-state index >= 15 is 0 Å². The van der Waals surface area contributed by atoms with Crippen molar-refractivity contribution >= 4 is 42.3 Å². The van der Waals surface area contributed by atoms with E-state index in [-0.39, 0.29) is 30.7 Å². The van der Waals surface area contributed by atoms with Crippen molar-refractivity contribution in [3.05, 3.63) is 18.1 Å². The van der Waals surface area contributed by atoms with Gasteiger partial charge >= 0.3 is 0 Å². The van der Waals surface area contributed by atoms with Gasteiger partial charge in [0, 0.05) is 37.9 Å². The second-order valence-electron chi connectivity index (χ2n) is 6.67. The molecule has 1 unspecified atom stereocenters. The van der Waals surface area contributed by atoms with Gasteiger partial charge in [0.1, 0.15) is 12.1 Å². The van der Waals surface area contributed by atoms with E-state index in [9.17, 15) is 4.79 Å². The summed E-state index contributed by atoms with van der Waals surface area (Å²) in [5.74, 6) is 1.60. The molecule has 1 aliphatic rings. The summed E-state index contributed by atoms with van der Waals surface area (Å²) in [6.45, 7) is 8.63. The lowest BCUT2D eigenvalue weighted by Gasteiger charge is -2.39. The van der Waals surface area contributed by atoms with Gasteiger partial charge in [-0.2, -0.15) is 14.6 Å². The molecule has 2 N–H and O–H groups in total. The van der Waals surface area contributed by atoms with Gasteiger partial charge in [-0.3, -0.25) is 4.79 Å². The zero-order valence-electron chi connectivity index (χ0n) is 15.4. The van der Waals surface area contributed by atoms with Crippen LogP contribution in [0.4, 0.5) is 5.82 Å². The quantitative estimate of drug-likeness (QED) is 0.829. The summed E-state index contributed by atoms with van der Waals surface area (Å²) >= 11 is 0.